The Morgan fingerprint density at radius 1 is 1.33 bits per heavy atom. The highest BCUT2D eigenvalue weighted by atomic mass is 16.2. The second-order valence-electron chi connectivity index (χ2n) is 4.24. The lowest BCUT2D eigenvalue weighted by atomic mass is 9.98. The summed E-state index contributed by atoms with van der Waals surface area (Å²) in [5, 5.41) is 8.94. The monoisotopic (exact) mass is 211 g/mol. The van der Waals surface area contributed by atoms with Crippen LogP contribution in [0.2, 0.25) is 0 Å². The van der Waals surface area contributed by atoms with Gasteiger partial charge in [0.1, 0.15) is 0 Å². The highest BCUT2D eigenvalue weighted by Crippen LogP contribution is 2.11. The van der Waals surface area contributed by atoms with Gasteiger partial charge in [-0.25, -0.2) is 0 Å². The van der Waals surface area contributed by atoms with Crippen molar-refractivity contribution in [1.29, 1.82) is 0 Å². The molecule has 0 aromatic carbocycles. The molecule has 0 bridgehead atoms. The summed E-state index contributed by atoms with van der Waals surface area (Å²) < 4.78 is 0. The molecule has 0 aromatic rings. The second-order valence-corrected chi connectivity index (χ2v) is 4.24. The number of amides is 2. The van der Waals surface area contributed by atoms with Gasteiger partial charge in [-0.15, -0.1) is 0 Å². The molecule has 0 aromatic heterocycles. The molecule has 0 radical (unpaired) electrons. The molecular weight excluding hydrogens is 194 g/mol. The summed E-state index contributed by atoms with van der Waals surface area (Å²) in [5.74, 6) is 0.105. The fraction of sp³-hybridized carbons (Fsp3) is 0.800. The summed E-state index contributed by atoms with van der Waals surface area (Å²) in [5.41, 5.74) is 0. The van der Waals surface area contributed by atoms with E-state index in [1.165, 1.54) is 0 Å². The molecule has 84 valence electrons. The van der Waals surface area contributed by atoms with E-state index in [0.29, 0.717) is 19.4 Å². The lowest BCUT2D eigenvalue weighted by Gasteiger charge is -2.23. The first kappa shape index (κ1) is 10.4. The first-order valence-corrected chi connectivity index (χ1v) is 5.53. The lowest BCUT2D eigenvalue weighted by Crippen LogP contribution is -2.46. The maximum atomic E-state index is 11.8. The van der Waals surface area contributed by atoms with Gasteiger partial charge in [-0.05, 0) is 19.4 Å². The minimum absolute atomic E-state index is 0.0386. The van der Waals surface area contributed by atoms with Crippen molar-refractivity contribution in [2.24, 2.45) is 5.92 Å². The van der Waals surface area contributed by atoms with Gasteiger partial charge in [0.2, 0.25) is 11.8 Å². The van der Waals surface area contributed by atoms with Gasteiger partial charge in [0, 0.05) is 25.6 Å². The zero-order chi connectivity index (χ0) is 10.7. The van der Waals surface area contributed by atoms with Crippen LogP contribution in [0.3, 0.4) is 0 Å². The van der Waals surface area contributed by atoms with Gasteiger partial charge < -0.3 is 16.0 Å². The number of rotatable bonds is 2. The molecule has 0 spiro atoms. The number of carbonyl (C=O) groups excluding carboxylic acids is 2. The molecular formula is C10H17N3O2. The Morgan fingerprint density at radius 2 is 2.20 bits per heavy atom. The van der Waals surface area contributed by atoms with Gasteiger partial charge in [-0.1, -0.05) is 0 Å². The van der Waals surface area contributed by atoms with Crippen molar-refractivity contribution in [3.63, 3.8) is 0 Å². The summed E-state index contributed by atoms with van der Waals surface area (Å²) in [6, 6.07) is 0.273. The van der Waals surface area contributed by atoms with Crippen LogP contribution in [0.1, 0.15) is 19.3 Å². The smallest absolute Gasteiger partial charge is 0.225 e. The van der Waals surface area contributed by atoms with E-state index in [0.717, 1.165) is 19.5 Å². The Balaban J connectivity index is 1.77. The van der Waals surface area contributed by atoms with Crippen molar-refractivity contribution in [3.8, 4) is 0 Å². The third kappa shape index (κ3) is 2.68. The Bertz CT molecular complexity index is 251. The molecule has 5 nitrogen and oxygen atoms in total. The summed E-state index contributed by atoms with van der Waals surface area (Å²) in [6.45, 7) is 2.34. The van der Waals surface area contributed by atoms with E-state index in [4.69, 9.17) is 0 Å². The quantitative estimate of drug-likeness (QED) is 0.548. The van der Waals surface area contributed by atoms with Gasteiger partial charge >= 0.3 is 0 Å². The molecule has 0 saturated carbocycles. The van der Waals surface area contributed by atoms with Gasteiger partial charge in [-0.2, -0.15) is 0 Å². The number of piperidine rings is 1. The van der Waals surface area contributed by atoms with Gasteiger partial charge in [0.25, 0.3) is 0 Å². The summed E-state index contributed by atoms with van der Waals surface area (Å²) in [4.78, 5) is 22.7. The van der Waals surface area contributed by atoms with Crippen LogP contribution in [0.15, 0.2) is 0 Å². The molecule has 2 aliphatic rings. The van der Waals surface area contributed by atoms with Crippen molar-refractivity contribution in [2.45, 2.75) is 25.3 Å². The molecule has 2 rings (SSSR count). The maximum Gasteiger partial charge on any atom is 0.225 e. The molecule has 0 aliphatic carbocycles. The Kier molecular flexibility index (Phi) is 3.20. The Morgan fingerprint density at radius 3 is 2.80 bits per heavy atom. The first-order valence-electron chi connectivity index (χ1n) is 5.53. The van der Waals surface area contributed by atoms with Crippen LogP contribution in [0, 0.1) is 5.92 Å². The zero-order valence-electron chi connectivity index (χ0n) is 8.71. The Hall–Kier alpha value is -1.10. The number of carbonyl (C=O) groups is 2. The fourth-order valence-electron chi connectivity index (χ4n) is 2.05. The van der Waals surface area contributed by atoms with Crippen LogP contribution in [0.5, 0.6) is 0 Å². The van der Waals surface area contributed by atoms with Crippen LogP contribution >= 0.6 is 0 Å². The number of nitrogens with one attached hydrogen (secondary N) is 3. The molecule has 15 heavy (non-hydrogen) atoms. The summed E-state index contributed by atoms with van der Waals surface area (Å²) >= 11 is 0. The largest absolute Gasteiger partial charge is 0.355 e. The first-order chi connectivity index (χ1) is 7.25. The normalized spacial score (nSPS) is 31.1. The van der Waals surface area contributed by atoms with E-state index in [1.807, 2.05) is 0 Å². The van der Waals surface area contributed by atoms with E-state index in [1.54, 1.807) is 0 Å². The van der Waals surface area contributed by atoms with Crippen LogP contribution in [-0.4, -0.2) is 37.5 Å². The Labute approximate surface area is 89.0 Å². The molecule has 2 aliphatic heterocycles. The third-order valence-electron chi connectivity index (χ3n) is 3.04. The van der Waals surface area contributed by atoms with E-state index >= 15 is 0 Å². The highest BCUT2D eigenvalue weighted by molar-refractivity contribution is 5.83. The average Bonchev–Trinajstić information content (AvgIpc) is 2.71. The predicted octanol–water partition coefficient (Wildman–Crippen LogP) is -1.01. The predicted molar refractivity (Wildman–Crippen MR) is 55.2 cm³/mol. The standard InChI is InChI=1S/C10H17N3O2/c14-9-2-1-7(5-12-9)10(15)13-8-3-4-11-6-8/h7-8,11H,1-6H2,(H,12,14)(H,13,15). The van der Waals surface area contributed by atoms with Crippen molar-refractivity contribution in [2.75, 3.05) is 19.6 Å². The molecule has 5 heteroatoms. The summed E-state index contributed by atoms with van der Waals surface area (Å²) in [7, 11) is 0. The van der Waals surface area contributed by atoms with Crippen molar-refractivity contribution >= 4 is 11.8 Å². The minimum atomic E-state index is -0.0386. The van der Waals surface area contributed by atoms with Crippen molar-refractivity contribution in [3.05, 3.63) is 0 Å². The molecule has 2 atom stereocenters. The topological polar surface area (TPSA) is 70.2 Å². The van der Waals surface area contributed by atoms with Gasteiger partial charge in [0.05, 0.1) is 5.92 Å². The van der Waals surface area contributed by atoms with Gasteiger partial charge in [0.15, 0.2) is 0 Å². The highest BCUT2D eigenvalue weighted by Gasteiger charge is 2.26. The van der Waals surface area contributed by atoms with E-state index < -0.39 is 0 Å². The number of hydrogen-bond donors (Lipinski definition) is 3. The average molecular weight is 211 g/mol. The second kappa shape index (κ2) is 4.61. The zero-order valence-corrected chi connectivity index (χ0v) is 8.71. The third-order valence-corrected chi connectivity index (χ3v) is 3.04. The molecule has 2 amide bonds. The van der Waals surface area contributed by atoms with Crippen LogP contribution in [0.25, 0.3) is 0 Å². The van der Waals surface area contributed by atoms with Crippen LogP contribution < -0.4 is 16.0 Å². The molecule has 2 fully saturated rings. The van der Waals surface area contributed by atoms with Crippen LogP contribution in [-0.2, 0) is 9.59 Å². The lowest BCUT2D eigenvalue weighted by molar-refractivity contribution is -0.129. The van der Waals surface area contributed by atoms with E-state index in [2.05, 4.69) is 16.0 Å². The van der Waals surface area contributed by atoms with E-state index in [9.17, 15) is 9.59 Å². The van der Waals surface area contributed by atoms with Crippen LogP contribution in [0.4, 0.5) is 0 Å². The molecule has 2 heterocycles. The molecule has 2 saturated heterocycles. The molecule has 2 unspecified atom stereocenters. The molecule has 3 N–H and O–H groups in total. The van der Waals surface area contributed by atoms with E-state index in [-0.39, 0.29) is 23.8 Å². The fourth-order valence-corrected chi connectivity index (χ4v) is 2.05. The minimum Gasteiger partial charge on any atom is -0.355 e. The van der Waals surface area contributed by atoms with Gasteiger partial charge in [-0.3, -0.25) is 9.59 Å². The number of hydrogen-bond acceptors (Lipinski definition) is 3. The van der Waals surface area contributed by atoms with Crippen molar-refractivity contribution < 1.29 is 9.59 Å². The maximum absolute atomic E-state index is 11.8. The SMILES string of the molecule is O=C1CCC(C(=O)NC2CCNC2)CN1. The van der Waals surface area contributed by atoms with Crippen molar-refractivity contribution in [1.82, 2.24) is 16.0 Å². The summed E-state index contributed by atoms with van der Waals surface area (Å²) in [6.07, 6.45) is 2.16.